The third kappa shape index (κ3) is 5.99. The van der Waals surface area contributed by atoms with Gasteiger partial charge in [-0.2, -0.15) is 0 Å². The molecule has 0 radical (unpaired) electrons. The first-order chi connectivity index (χ1) is 8.38. The Bertz CT molecular complexity index is 406. The molecule has 1 amide bonds. The second kappa shape index (κ2) is 6.72. The fourth-order valence-electron chi connectivity index (χ4n) is 1.10. The first kappa shape index (κ1) is 14.9. The molecule has 0 aromatic carbocycles. The fraction of sp³-hybridized carbons (Fsp3) is 0.545. The molecule has 2 N–H and O–H groups in total. The number of nitrogens with zero attached hydrogens (tertiary/aromatic N) is 2. The number of carbonyl (C=O) groups is 1. The highest BCUT2D eigenvalue weighted by atomic mass is 127. The second-order valence-electron chi connectivity index (χ2n) is 4.57. The van der Waals surface area contributed by atoms with Gasteiger partial charge in [-0.15, -0.1) is 0 Å². The number of alkyl carbamates (subject to hydrolysis) is 1. The highest BCUT2D eigenvalue weighted by Crippen LogP contribution is 2.11. The van der Waals surface area contributed by atoms with Crippen LogP contribution in [-0.2, 0) is 4.74 Å². The summed E-state index contributed by atoms with van der Waals surface area (Å²) in [7, 11) is 0. The summed E-state index contributed by atoms with van der Waals surface area (Å²) in [5.74, 6) is 0.761. The highest BCUT2D eigenvalue weighted by Gasteiger charge is 2.15. The fourth-order valence-corrected chi connectivity index (χ4v) is 1.59. The van der Waals surface area contributed by atoms with Crippen LogP contribution in [0.1, 0.15) is 20.8 Å². The van der Waals surface area contributed by atoms with Crippen LogP contribution in [0.3, 0.4) is 0 Å². The smallest absolute Gasteiger partial charge is 0.407 e. The van der Waals surface area contributed by atoms with E-state index in [-0.39, 0.29) is 0 Å². The number of anilines is 1. The predicted molar refractivity (Wildman–Crippen MR) is 77.5 cm³/mol. The summed E-state index contributed by atoms with van der Waals surface area (Å²) in [6.45, 7) is 6.53. The first-order valence-electron chi connectivity index (χ1n) is 5.55. The lowest BCUT2D eigenvalue weighted by molar-refractivity contribution is 0.0530. The van der Waals surface area contributed by atoms with Crippen LogP contribution >= 0.6 is 22.6 Å². The van der Waals surface area contributed by atoms with E-state index in [1.165, 1.54) is 6.33 Å². The molecule has 1 rings (SSSR count). The van der Waals surface area contributed by atoms with Gasteiger partial charge in [-0.25, -0.2) is 14.8 Å². The molecule has 1 aromatic heterocycles. The second-order valence-corrected chi connectivity index (χ2v) is 5.74. The summed E-state index contributed by atoms with van der Waals surface area (Å²) < 4.78 is 6.05. The van der Waals surface area contributed by atoms with E-state index in [2.05, 4.69) is 43.2 Å². The Morgan fingerprint density at radius 3 is 2.78 bits per heavy atom. The molecule has 7 heteroatoms. The Morgan fingerprint density at radius 1 is 1.44 bits per heavy atom. The van der Waals surface area contributed by atoms with Crippen molar-refractivity contribution in [1.82, 2.24) is 15.3 Å². The third-order valence-corrected chi connectivity index (χ3v) is 2.54. The zero-order chi connectivity index (χ0) is 13.6. The van der Waals surface area contributed by atoms with Crippen molar-refractivity contribution in [2.24, 2.45) is 0 Å². The maximum atomic E-state index is 11.3. The Kier molecular flexibility index (Phi) is 5.57. The topological polar surface area (TPSA) is 76.1 Å². The predicted octanol–water partition coefficient (Wildman–Crippen LogP) is 2.02. The summed E-state index contributed by atoms with van der Waals surface area (Å²) in [6, 6.07) is 0. The number of nitrogens with one attached hydrogen (secondary N) is 2. The van der Waals surface area contributed by atoms with E-state index >= 15 is 0 Å². The maximum Gasteiger partial charge on any atom is 0.407 e. The van der Waals surface area contributed by atoms with Gasteiger partial charge in [0, 0.05) is 19.3 Å². The lowest BCUT2D eigenvalue weighted by Crippen LogP contribution is -2.35. The standard InChI is InChI=1S/C11H17IN4O2/c1-11(2,3)18-10(17)15-5-4-14-9-8(12)6-13-7-16-9/h6-7H,4-5H2,1-3H3,(H,15,17)(H,13,14,16). The molecule has 18 heavy (non-hydrogen) atoms. The Labute approximate surface area is 120 Å². The van der Waals surface area contributed by atoms with Crippen molar-refractivity contribution in [2.75, 3.05) is 18.4 Å². The van der Waals surface area contributed by atoms with Crippen LogP contribution in [0.2, 0.25) is 0 Å². The van der Waals surface area contributed by atoms with E-state index in [0.29, 0.717) is 13.1 Å². The summed E-state index contributed by atoms with van der Waals surface area (Å²) in [5.41, 5.74) is -0.473. The number of halogens is 1. The lowest BCUT2D eigenvalue weighted by Gasteiger charge is -2.19. The first-order valence-corrected chi connectivity index (χ1v) is 6.62. The molecule has 0 aliphatic heterocycles. The van der Waals surface area contributed by atoms with Gasteiger partial charge >= 0.3 is 6.09 Å². The number of hydrogen-bond donors (Lipinski definition) is 2. The molecular weight excluding hydrogens is 347 g/mol. The molecule has 0 aliphatic rings. The van der Waals surface area contributed by atoms with Gasteiger partial charge in [0.25, 0.3) is 0 Å². The summed E-state index contributed by atoms with van der Waals surface area (Å²) in [4.78, 5) is 19.3. The van der Waals surface area contributed by atoms with Crippen LogP contribution < -0.4 is 10.6 Å². The van der Waals surface area contributed by atoms with Crippen molar-refractivity contribution in [2.45, 2.75) is 26.4 Å². The van der Waals surface area contributed by atoms with E-state index in [4.69, 9.17) is 4.74 Å². The van der Waals surface area contributed by atoms with Crippen molar-refractivity contribution in [1.29, 1.82) is 0 Å². The molecule has 6 nitrogen and oxygen atoms in total. The van der Waals surface area contributed by atoms with E-state index in [9.17, 15) is 4.79 Å². The number of aromatic nitrogens is 2. The van der Waals surface area contributed by atoms with Gasteiger partial charge in [-0.3, -0.25) is 0 Å². The molecule has 0 fully saturated rings. The molecular formula is C11H17IN4O2. The minimum Gasteiger partial charge on any atom is -0.444 e. The Balaban J connectivity index is 2.23. The maximum absolute atomic E-state index is 11.3. The van der Waals surface area contributed by atoms with Crippen molar-refractivity contribution in [3.8, 4) is 0 Å². The van der Waals surface area contributed by atoms with Crippen molar-refractivity contribution >= 4 is 34.5 Å². The van der Waals surface area contributed by atoms with Crippen LogP contribution in [0, 0.1) is 3.57 Å². The number of hydrogen-bond acceptors (Lipinski definition) is 5. The summed E-state index contributed by atoms with van der Waals surface area (Å²) in [5, 5.41) is 5.76. The number of rotatable bonds is 4. The van der Waals surface area contributed by atoms with Gasteiger partial charge in [0.05, 0.1) is 3.57 Å². The average Bonchev–Trinajstić information content (AvgIpc) is 2.24. The van der Waals surface area contributed by atoms with Crippen LogP contribution in [0.25, 0.3) is 0 Å². The molecule has 0 bridgehead atoms. The number of ether oxygens (including phenoxy) is 1. The van der Waals surface area contributed by atoms with Gasteiger partial charge in [0.15, 0.2) is 0 Å². The third-order valence-electron chi connectivity index (χ3n) is 1.75. The van der Waals surface area contributed by atoms with Gasteiger partial charge in [0.2, 0.25) is 0 Å². The molecule has 0 atom stereocenters. The molecule has 1 heterocycles. The minimum atomic E-state index is -0.473. The van der Waals surface area contributed by atoms with Gasteiger partial charge < -0.3 is 15.4 Å². The van der Waals surface area contributed by atoms with Crippen molar-refractivity contribution in [3.05, 3.63) is 16.1 Å². The number of amides is 1. The van der Waals surface area contributed by atoms with E-state index in [0.717, 1.165) is 9.39 Å². The minimum absolute atomic E-state index is 0.415. The van der Waals surface area contributed by atoms with Crippen molar-refractivity contribution in [3.63, 3.8) is 0 Å². The lowest BCUT2D eigenvalue weighted by atomic mass is 10.2. The van der Waals surface area contributed by atoms with Gasteiger partial charge in [-0.1, -0.05) is 0 Å². The molecule has 0 saturated carbocycles. The molecule has 0 unspecified atom stereocenters. The largest absolute Gasteiger partial charge is 0.444 e. The van der Waals surface area contributed by atoms with Crippen LogP contribution in [-0.4, -0.2) is 34.8 Å². The highest BCUT2D eigenvalue weighted by molar-refractivity contribution is 14.1. The monoisotopic (exact) mass is 364 g/mol. The van der Waals surface area contributed by atoms with E-state index < -0.39 is 11.7 Å². The SMILES string of the molecule is CC(C)(C)OC(=O)NCCNc1ncncc1I. The van der Waals surface area contributed by atoms with E-state index in [1.807, 2.05) is 20.8 Å². The molecule has 100 valence electrons. The summed E-state index contributed by atoms with van der Waals surface area (Å²) >= 11 is 2.14. The Morgan fingerprint density at radius 2 is 2.17 bits per heavy atom. The van der Waals surface area contributed by atoms with E-state index in [1.54, 1.807) is 6.20 Å². The molecule has 1 aromatic rings. The average molecular weight is 364 g/mol. The van der Waals surface area contributed by atoms with Gasteiger partial charge in [-0.05, 0) is 43.4 Å². The zero-order valence-corrected chi connectivity index (χ0v) is 12.8. The van der Waals surface area contributed by atoms with Crippen LogP contribution in [0.5, 0.6) is 0 Å². The van der Waals surface area contributed by atoms with Crippen LogP contribution in [0.4, 0.5) is 10.6 Å². The van der Waals surface area contributed by atoms with Crippen LogP contribution in [0.15, 0.2) is 12.5 Å². The molecule has 0 spiro atoms. The normalized spacial score (nSPS) is 10.9. The molecule has 0 saturated heterocycles. The van der Waals surface area contributed by atoms with Gasteiger partial charge in [0.1, 0.15) is 17.7 Å². The summed E-state index contributed by atoms with van der Waals surface area (Å²) in [6.07, 6.45) is 2.78. The number of carbonyl (C=O) groups excluding carboxylic acids is 1. The quantitative estimate of drug-likeness (QED) is 0.632. The zero-order valence-electron chi connectivity index (χ0n) is 10.7. The van der Waals surface area contributed by atoms with Crippen molar-refractivity contribution < 1.29 is 9.53 Å². The molecule has 0 aliphatic carbocycles. The Hall–Kier alpha value is -1.12.